The lowest BCUT2D eigenvalue weighted by atomic mass is 9.89. The van der Waals surface area contributed by atoms with E-state index in [1.807, 2.05) is 0 Å². The number of rotatable bonds is 5. The minimum Gasteiger partial charge on any atom is -0.379 e. The quantitative estimate of drug-likeness (QED) is 0.768. The van der Waals surface area contributed by atoms with E-state index in [0.717, 1.165) is 39.0 Å². The summed E-state index contributed by atoms with van der Waals surface area (Å²) in [6.45, 7) is 6.92. The van der Waals surface area contributed by atoms with Gasteiger partial charge in [-0.1, -0.05) is 0 Å². The normalized spacial score (nSPS) is 24.5. The molecular formula is C15H29NO3. The molecule has 112 valence electrons. The maximum atomic E-state index is 5.78. The monoisotopic (exact) mass is 271 g/mol. The van der Waals surface area contributed by atoms with Crippen LogP contribution in [0.1, 0.15) is 46.0 Å². The molecule has 1 saturated carbocycles. The third-order valence-corrected chi connectivity index (χ3v) is 4.77. The molecule has 1 saturated heterocycles. The number of nitrogens with zero attached hydrogens (tertiary/aromatic N) is 1. The van der Waals surface area contributed by atoms with Gasteiger partial charge < -0.3 is 19.1 Å². The molecule has 19 heavy (non-hydrogen) atoms. The van der Waals surface area contributed by atoms with E-state index in [-0.39, 0.29) is 11.4 Å². The molecule has 2 rings (SSSR count). The van der Waals surface area contributed by atoms with Crippen LogP contribution in [-0.2, 0) is 14.2 Å². The SMILES string of the molecule is COC(C)(C)CCN(C)C1CCC2(CC1)OCCO2. The molecule has 4 heteroatoms. The summed E-state index contributed by atoms with van der Waals surface area (Å²) in [5, 5.41) is 0. The van der Waals surface area contributed by atoms with E-state index >= 15 is 0 Å². The second-order valence-electron chi connectivity index (χ2n) is 6.53. The molecule has 0 aromatic heterocycles. The number of hydrogen-bond acceptors (Lipinski definition) is 4. The second-order valence-corrected chi connectivity index (χ2v) is 6.53. The highest BCUT2D eigenvalue weighted by molar-refractivity contribution is 4.86. The molecule has 2 aliphatic rings. The number of methoxy groups -OCH3 is 1. The molecule has 2 fully saturated rings. The average molecular weight is 271 g/mol. The summed E-state index contributed by atoms with van der Waals surface area (Å²) in [5.41, 5.74) is -0.0260. The van der Waals surface area contributed by atoms with Gasteiger partial charge in [0.25, 0.3) is 0 Å². The highest BCUT2D eigenvalue weighted by atomic mass is 16.7. The summed E-state index contributed by atoms with van der Waals surface area (Å²) in [7, 11) is 4.02. The Kier molecular flexibility index (Phi) is 4.88. The Morgan fingerprint density at radius 1 is 1.21 bits per heavy atom. The highest BCUT2D eigenvalue weighted by Gasteiger charge is 2.41. The molecule has 0 radical (unpaired) electrons. The molecule has 1 heterocycles. The molecule has 0 aromatic rings. The van der Waals surface area contributed by atoms with Crippen molar-refractivity contribution in [3.05, 3.63) is 0 Å². The summed E-state index contributed by atoms with van der Waals surface area (Å²) in [6.07, 6.45) is 5.48. The molecule has 0 unspecified atom stereocenters. The van der Waals surface area contributed by atoms with Gasteiger partial charge in [0.15, 0.2) is 5.79 Å². The molecule has 0 amide bonds. The zero-order chi connectivity index (χ0) is 13.9. The van der Waals surface area contributed by atoms with Crippen LogP contribution in [-0.4, -0.2) is 56.2 Å². The smallest absolute Gasteiger partial charge is 0.168 e. The summed E-state index contributed by atoms with van der Waals surface area (Å²) >= 11 is 0. The summed E-state index contributed by atoms with van der Waals surface area (Å²) in [5.74, 6) is -0.233. The maximum absolute atomic E-state index is 5.78. The Bertz CT molecular complexity index is 277. The predicted molar refractivity (Wildman–Crippen MR) is 75.2 cm³/mol. The second kappa shape index (κ2) is 6.08. The Balaban J connectivity index is 1.74. The molecule has 1 spiro atoms. The fraction of sp³-hybridized carbons (Fsp3) is 1.00. The van der Waals surface area contributed by atoms with Crippen LogP contribution in [0.3, 0.4) is 0 Å². The van der Waals surface area contributed by atoms with Crippen molar-refractivity contribution in [2.75, 3.05) is 33.9 Å². The van der Waals surface area contributed by atoms with Gasteiger partial charge in [-0.2, -0.15) is 0 Å². The van der Waals surface area contributed by atoms with E-state index in [0.29, 0.717) is 6.04 Å². The number of ether oxygens (including phenoxy) is 3. The molecule has 4 nitrogen and oxygen atoms in total. The zero-order valence-electron chi connectivity index (χ0n) is 12.9. The zero-order valence-corrected chi connectivity index (χ0v) is 12.9. The highest BCUT2D eigenvalue weighted by Crippen LogP contribution is 2.37. The van der Waals surface area contributed by atoms with Crippen LogP contribution < -0.4 is 0 Å². The number of hydrogen-bond donors (Lipinski definition) is 0. The fourth-order valence-corrected chi connectivity index (χ4v) is 3.00. The lowest BCUT2D eigenvalue weighted by molar-refractivity contribution is -0.183. The third-order valence-electron chi connectivity index (χ3n) is 4.77. The van der Waals surface area contributed by atoms with Crippen molar-refractivity contribution < 1.29 is 14.2 Å². The van der Waals surface area contributed by atoms with Crippen LogP contribution in [0.25, 0.3) is 0 Å². The van der Waals surface area contributed by atoms with Crippen LogP contribution in [0.5, 0.6) is 0 Å². The van der Waals surface area contributed by atoms with Crippen LogP contribution in [0.15, 0.2) is 0 Å². The van der Waals surface area contributed by atoms with Crippen molar-refractivity contribution in [3.8, 4) is 0 Å². The Hall–Kier alpha value is -0.160. The van der Waals surface area contributed by atoms with Crippen molar-refractivity contribution >= 4 is 0 Å². The van der Waals surface area contributed by atoms with Crippen LogP contribution in [0.4, 0.5) is 0 Å². The first-order valence-corrected chi connectivity index (χ1v) is 7.50. The van der Waals surface area contributed by atoms with Crippen LogP contribution in [0, 0.1) is 0 Å². The molecule has 1 aliphatic carbocycles. The van der Waals surface area contributed by atoms with Gasteiger partial charge in [0.1, 0.15) is 0 Å². The van der Waals surface area contributed by atoms with Gasteiger partial charge in [0, 0.05) is 32.5 Å². The summed E-state index contributed by atoms with van der Waals surface area (Å²) < 4.78 is 17.0. The first kappa shape index (κ1) is 15.2. The van der Waals surface area contributed by atoms with E-state index in [2.05, 4.69) is 25.8 Å². The lowest BCUT2D eigenvalue weighted by Crippen LogP contribution is -2.44. The van der Waals surface area contributed by atoms with Crippen molar-refractivity contribution in [1.29, 1.82) is 0 Å². The molecule has 0 N–H and O–H groups in total. The van der Waals surface area contributed by atoms with Gasteiger partial charge in [0.05, 0.1) is 18.8 Å². The molecular weight excluding hydrogens is 242 g/mol. The van der Waals surface area contributed by atoms with Gasteiger partial charge in [-0.3, -0.25) is 0 Å². The Morgan fingerprint density at radius 2 is 1.79 bits per heavy atom. The Morgan fingerprint density at radius 3 is 2.32 bits per heavy atom. The molecule has 0 aromatic carbocycles. The van der Waals surface area contributed by atoms with E-state index < -0.39 is 0 Å². The van der Waals surface area contributed by atoms with E-state index in [1.165, 1.54) is 12.8 Å². The molecule has 1 aliphatic heterocycles. The van der Waals surface area contributed by atoms with Gasteiger partial charge in [-0.15, -0.1) is 0 Å². The predicted octanol–water partition coefficient (Wildman–Crippen LogP) is 2.42. The van der Waals surface area contributed by atoms with E-state index in [1.54, 1.807) is 7.11 Å². The van der Waals surface area contributed by atoms with E-state index in [4.69, 9.17) is 14.2 Å². The van der Waals surface area contributed by atoms with E-state index in [9.17, 15) is 0 Å². The van der Waals surface area contributed by atoms with Crippen LogP contribution >= 0.6 is 0 Å². The van der Waals surface area contributed by atoms with Crippen LogP contribution in [0.2, 0.25) is 0 Å². The average Bonchev–Trinajstić information content (AvgIpc) is 2.85. The van der Waals surface area contributed by atoms with Gasteiger partial charge in [-0.25, -0.2) is 0 Å². The first-order valence-electron chi connectivity index (χ1n) is 7.50. The Labute approximate surface area is 117 Å². The van der Waals surface area contributed by atoms with Crippen molar-refractivity contribution in [2.24, 2.45) is 0 Å². The molecule has 0 bridgehead atoms. The largest absolute Gasteiger partial charge is 0.379 e. The molecule has 0 atom stereocenters. The fourth-order valence-electron chi connectivity index (χ4n) is 3.00. The minimum atomic E-state index is -0.233. The van der Waals surface area contributed by atoms with Crippen molar-refractivity contribution in [2.45, 2.75) is 63.4 Å². The lowest BCUT2D eigenvalue weighted by Gasteiger charge is -2.39. The van der Waals surface area contributed by atoms with Crippen molar-refractivity contribution in [1.82, 2.24) is 4.90 Å². The van der Waals surface area contributed by atoms with Gasteiger partial charge >= 0.3 is 0 Å². The third kappa shape index (κ3) is 3.91. The minimum absolute atomic E-state index is 0.0260. The van der Waals surface area contributed by atoms with Crippen molar-refractivity contribution in [3.63, 3.8) is 0 Å². The summed E-state index contributed by atoms with van der Waals surface area (Å²) in [6, 6.07) is 0.658. The van der Waals surface area contributed by atoms with Gasteiger partial charge in [0.2, 0.25) is 0 Å². The van der Waals surface area contributed by atoms with Gasteiger partial charge in [-0.05, 0) is 40.2 Å². The topological polar surface area (TPSA) is 30.9 Å². The maximum Gasteiger partial charge on any atom is 0.168 e. The standard InChI is InChI=1S/C15H29NO3/c1-14(2,17-4)9-10-16(3)13-5-7-15(8-6-13)18-11-12-19-15/h13H,5-12H2,1-4H3. The summed E-state index contributed by atoms with van der Waals surface area (Å²) in [4.78, 5) is 2.47. The first-order chi connectivity index (χ1) is 8.96.